The zero-order valence-corrected chi connectivity index (χ0v) is 40.6. The van der Waals surface area contributed by atoms with Crippen LogP contribution >= 0.6 is 22.7 Å². The van der Waals surface area contributed by atoms with Gasteiger partial charge in [-0.25, -0.2) is 0 Å². The number of fused-ring (bicyclic) bond motifs is 11. The Kier molecular flexibility index (Phi) is 9.06. The number of thiophene rings is 2. The first-order valence-electron chi connectivity index (χ1n) is 24.1. The maximum Gasteiger partial charge on any atom is 0.252 e. The molecule has 0 amide bonds. The topological polar surface area (TPSA) is 24.9 Å². The smallest absolute Gasteiger partial charge is 0.252 e. The Morgan fingerprint density at radius 3 is 1.74 bits per heavy atom. The molecule has 7 heteroatoms. The Bertz CT molecular complexity index is 3920. The van der Waals surface area contributed by atoms with Crippen molar-refractivity contribution in [1.29, 1.82) is 0 Å². The Labute approximate surface area is 410 Å². The van der Waals surface area contributed by atoms with Gasteiger partial charge in [0.1, 0.15) is 0 Å². The summed E-state index contributed by atoms with van der Waals surface area (Å²) in [6, 6.07) is 66.3. The summed E-state index contributed by atoms with van der Waals surface area (Å²) in [5, 5.41) is 5.28. The first kappa shape index (κ1) is 40.7. The maximum absolute atomic E-state index is 6.64. The third-order valence-electron chi connectivity index (χ3n) is 14.6. The molecule has 332 valence electrons. The van der Waals surface area contributed by atoms with Crippen molar-refractivity contribution in [2.24, 2.45) is 0 Å². The van der Waals surface area contributed by atoms with E-state index in [0.717, 1.165) is 40.7 Å². The van der Waals surface area contributed by atoms with Crippen LogP contribution in [0.3, 0.4) is 0 Å². The second kappa shape index (κ2) is 15.3. The third kappa shape index (κ3) is 6.40. The quantitative estimate of drug-likeness (QED) is 0.164. The molecule has 0 radical (unpaired) electrons. The van der Waals surface area contributed by atoms with E-state index in [1.165, 1.54) is 101 Å². The van der Waals surface area contributed by atoms with Gasteiger partial charge in [0.05, 0.1) is 18.9 Å². The lowest BCUT2D eigenvalue weighted by atomic mass is 9.33. The fraction of sp³-hybridized carbons (Fsp3) is 0.129. The normalized spacial score (nSPS) is 14.1. The number of rotatable bonds is 4. The lowest BCUT2D eigenvalue weighted by Gasteiger charge is -2.45. The van der Waals surface area contributed by atoms with E-state index in [-0.39, 0.29) is 12.1 Å². The Hall–Kier alpha value is -7.32. The largest absolute Gasteiger partial charge is 0.489 e. The standard InChI is InChI=1S/C62H47BN2O2S2/c1-37-31-53-60-54(32-37)65(52-13-9-14-55-61(52)67-30-10-29-66-55)51-28-22-42(62(2,3)4)36-49(51)63(60)48-33-39(41-20-26-47-45-12-6-8-16-57(45)69-59(47)35-41)21-27-50(48)64(53)43-23-17-38(18-24-43)40-19-25-46-44-11-5-7-15-56(44)68-58(46)34-40/h5-9,11-28,31-36H,10,29-30H2,1-4H3. The average molecular weight is 927 g/mol. The van der Waals surface area contributed by atoms with Crippen LogP contribution in [0.1, 0.15) is 38.3 Å². The van der Waals surface area contributed by atoms with Gasteiger partial charge in [-0.2, -0.15) is 0 Å². The fourth-order valence-corrected chi connectivity index (χ4v) is 13.6. The summed E-state index contributed by atoms with van der Waals surface area (Å²) in [6.07, 6.45) is 0.837. The van der Waals surface area contributed by atoms with Gasteiger partial charge in [0.25, 0.3) is 6.71 Å². The molecule has 9 aromatic carbocycles. The minimum atomic E-state index is -0.0642. The van der Waals surface area contributed by atoms with Crippen LogP contribution in [0.4, 0.5) is 34.1 Å². The zero-order valence-electron chi connectivity index (χ0n) is 39.0. The van der Waals surface area contributed by atoms with Crippen molar-refractivity contribution in [2.45, 2.75) is 39.5 Å². The van der Waals surface area contributed by atoms with E-state index < -0.39 is 0 Å². The van der Waals surface area contributed by atoms with Gasteiger partial charge in [-0.05, 0) is 135 Å². The number of anilines is 6. The molecule has 2 aromatic heterocycles. The Morgan fingerprint density at radius 1 is 0.464 bits per heavy atom. The van der Waals surface area contributed by atoms with E-state index in [2.05, 4.69) is 207 Å². The average Bonchev–Trinajstić information content (AvgIpc) is 3.83. The van der Waals surface area contributed by atoms with Crippen LogP contribution in [0.15, 0.2) is 176 Å². The highest BCUT2D eigenvalue weighted by molar-refractivity contribution is 7.26. The molecule has 0 unspecified atom stereocenters. The molecule has 4 nitrogen and oxygen atoms in total. The van der Waals surface area contributed by atoms with Crippen LogP contribution in [-0.4, -0.2) is 19.9 Å². The van der Waals surface area contributed by atoms with Crippen molar-refractivity contribution in [3.63, 3.8) is 0 Å². The highest BCUT2D eigenvalue weighted by atomic mass is 32.1. The molecular formula is C62H47BN2O2S2. The van der Waals surface area contributed by atoms with Gasteiger partial charge in [0, 0.05) is 75.2 Å². The summed E-state index contributed by atoms with van der Waals surface area (Å²) in [5.74, 6) is 1.59. The summed E-state index contributed by atoms with van der Waals surface area (Å²) in [6.45, 7) is 10.4. The first-order chi connectivity index (χ1) is 33.7. The van der Waals surface area contributed by atoms with Crippen molar-refractivity contribution in [3.8, 4) is 33.8 Å². The van der Waals surface area contributed by atoms with Crippen LogP contribution in [0, 0.1) is 6.92 Å². The predicted octanol–water partition coefficient (Wildman–Crippen LogP) is 15.6. The molecule has 0 bridgehead atoms. The van der Waals surface area contributed by atoms with Gasteiger partial charge in [0.15, 0.2) is 11.5 Å². The number of hydrogen-bond acceptors (Lipinski definition) is 6. The van der Waals surface area contributed by atoms with Crippen molar-refractivity contribution in [3.05, 3.63) is 187 Å². The maximum atomic E-state index is 6.64. The molecule has 0 saturated heterocycles. The highest BCUT2D eigenvalue weighted by Gasteiger charge is 2.44. The van der Waals surface area contributed by atoms with Crippen molar-refractivity contribution < 1.29 is 9.47 Å². The predicted molar refractivity (Wildman–Crippen MR) is 296 cm³/mol. The van der Waals surface area contributed by atoms with Gasteiger partial charge in [-0.1, -0.05) is 124 Å². The summed E-state index contributed by atoms with van der Waals surface area (Å²) in [4.78, 5) is 4.99. The van der Waals surface area contributed by atoms with Gasteiger partial charge < -0.3 is 19.3 Å². The lowest BCUT2D eigenvalue weighted by Crippen LogP contribution is -2.61. The summed E-state index contributed by atoms with van der Waals surface area (Å²) < 4.78 is 18.3. The number of ether oxygens (including phenoxy) is 2. The second-order valence-electron chi connectivity index (χ2n) is 19.9. The minimum absolute atomic E-state index is 0.0461. The molecule has 0 saturated carbocycles. The number of para-hydroxylation sites is 1. The molecule has 0 N–H and O–H groups in total. The zero-order chi connectivity index (χ0) is 46.1. The van der Waals surface area contributed by atoms with Crippen LogP contribution < -0.4 is 35.7 Å². The molecular weight excluding hydrogens is 880 g/mol. The first-order valence-corrected chi connectivity index (χ1v) is 25.7. The fourth-order valence-electron chi connectivity index (χ4n) is 11.3. The molecule has 0 fully saturated rings. The molecule has 3 aliphatic heterocycles. The lowest BCUT2D eigenvalue weighted by molar-refractivity contribution is 0.297. The van der Waals surface area contributed by atoms with Crippen molar-refractivity contribution in [2.75, 3.05) is 23.0 Å². The van der Waals surface area contributed by atoms with Gasteiger partial charge in [0.2, 0.25) is 0 Å². The minimum Gasteiger partial charge on any atom is -0.489 e. The molecule has 11 aromatic rings. The molecule has 0 aliphatic carbocycles. The van der Waals surface area contributed by atoms with Crippen LogP contribution in [0.5, 0.6) is 11.5 Å². The number of aryl methyl sites for hydroxylation is 1. The van der Waals surface area contributed by atoms with Gasteiger partial charge in [-0.15, -0.1) is 22.7 Å². The second-order valence-corrected chi connectivity index (χ2v) is 22.1. The summed E-state index contributed by atoms with van der Waals surface area (Å²) in [7, 11) is 0. The van der Waals surface area contributed by atoms with Crippen molar-refractivity contribution >= 4 is 120 Å². The molecule has 0 atom stereocenters. The SMILES string of the molecule is Cc1cc2c3c(c1)N(c1cccc4c1OCCCO4)c1ccc(C(C)(C)C)cc1B3c1cc(-c3ccc4c(c3)sc3ccccc34)ccc1N2c1ccc(-c2ccc3c(c2)sc2ccccc23)cc1. The van der Waals surface area contributed by atoms with E-state index >= 15 is 0 Å². The Morgan fingerprint density at radius 2 is 1.03 bits per heavy atom. The Balaban J connectivity index is 0.994. The highest BCUT2D eigenvalue weighted by Crippen LogP contribution is 2.50. The van der Waals surface area contributed by atoms with Crippen LogP contribution in [-0.2, 0) is 5.41 Å². The number of nitrogens with zero attached hydrogens (tertiary/aromatic N) is 2. The van der Waals surface area contributed by atoms with E-state index in [1.54, 1.807) is 0 Å². The molecule has 69 heavy (non-hydrogen) atoms. The van der Waals surface area contributed by atoms with E-state index in [1.807, 2.05) is 28.7 Å². The van der Waals surface area contributed by atoms with E-state index in [0.29, 0.717) is 13.2 Å². The third-order valence-corrected chi connectivity index (χ3v) is 16.9. The van der Waals surface area contributed by atoms with Crippen LogP contribution in [0.25, 0.3) is 62.6 Å². The molecule has 3 aliphatic rings. The summed E-state index contributed by atoms with van der Waals surface area (Å²) >= 11 is 3.75. The monoisotopic (exact) mass is 926 g/mol. The summed E-state index contributed by atoms with van der Waals surface area (Å²) in [5.41, 5.74) is 18.0. The molecule has 0 spiro atoms. The van der Waals surface area contributed by atoms with Gasteiger partial charge >= 0.3 is 0 Å². The number of hydrogen-bond donors (Lipinski definition) is 0. The number of benzene rings is 9. The molecule has 14 rings (SSSR count). The van der Waals surface area contributed by atoms with Crippen molar-refractivity contribution in [1.82, 2.24) is 0 Å². The van der Waals surface area contributed by atoms with Crippen LogP contribution in [0.2, 0.25) is 0 Å². The van der Waals surface area contributed by atoms with E-state index in [9.17, 15) is 0 Å². The van der Waals surface area contributed by atoms with Gasteiger partial charge in [-0.3, -0.25) is 0 Å². The molecule has 5 heterocycles. The van der Waals surface area contributed by atoms with E-state index in [4.69, 9.17) is 9.47 Å².